The van der Waals surface area contributed by atoms with E-state index in [0.717, 1.165) is 5.56 Å². The number of benzene rings is 1. The molecule has 0 atom stereocenters. The van der Waals surface area contributed by atoms with E-state index in [-0.39, 0.29) is 23.0 Å². The molecule has 2 rings (SSSR count). The average molecular weight is 294 g/mol. The summed E-state index contributed by atoms with van der Waals surface area (Å²) in [6, 6.07) is 6.10. The van der Waals surface area contributed by atoms with E-state index in [9.17, 15) is 9.18 Å². The second kappa shape index (κ2) is 5.90. The van der Waals surface area contributed by atoms with Crippen molar-refractivity contribution in [1.29, 1.82) is 0 Å². The Labute approximate surface area is 119 Å². The smallest absolute Gasteiger partial charge is 0.228 e. The van der Waals surface area contributed by atoms with Crippen LogP contribution in [0, 0.1) is 5.82 Å². The number of thiophene rings is 1. The highest BCUT2D eigenvalue weighted by Crippen LogP contribution is 2.16. The summed E-state index contributed by atoms with van der Waals surface area (Å²) in [5, 5.41) is 6.29. The van der Waals surface area contributed by atoms with Crippen molar-refractivity contribution in [1.82, 2.24) is 0 Å². The van der Waals surface area contributed by atoms with Crippen LogP contribution in [0.5, 0.6) is 0 Å². The first kappa shape index (κ1) is 13.6. The van der Waals surface area contributed by atoms with Crippen molar-refractivity contribution in [3.05, 3.63) is 52.0 Å². The van der Waals surface area contributed by atoms with E-state index in [1.54, 1.807) is 6.07 Å². The zero-order chi connectivity index (χ0) is 13.8. The lowest BCUT2D eigenvalue weighted by Gasteiger charge is -2.07. The highest BCUT2D eigenvalue weighted by molar-refractivity contribution is 7.80. The molecule has 0 bridgehead atoms. The number of nitrogens with two attached hydrogens (primary N) is 1. The van der Waals surface area contributed by atoms with Crippen LogP contribution in [-0.2, 0) is 11.2 Å². The highest BCUT2D eigenvalue weighted by atomic mass is 32.1. The molecule has 1 aromatic heterocycles. The number of carbonyl (C=O) groups is 1. The molecule has 19 heavy (non-hydrogen) atoms. The Morgan fingerprint density at radius 1 is 1.42 bits per heavy atom. The molecule has 3 nitrogen and oxygen atoms in total. The zero-order valence-corrected chi connectivity index (χ0v) is 11.5. The minimum atomic E-state index is -0.552. The molecule has 0 saturated heterocycles. The molecule has 98 valence electrons. The predicted molar refractivity (Wildman–Crippen MR) is 78.9 cm³/mol. The summed E-state index contributed by atoms with van der Waals surface area (Å²) in [7, 11) is 0. The van der Waals surface area contributed by atoms with Gasteiger partial charge >= 0.3 is 0 Å². The maximum atomic E-state index is 13.7. The third-order valence-corrected chi connectivity index (χ3v) is 3.44. The van der Waals surface area contributed by atoms with Crippen molar-refractivity contribution in [3.63, 3.8) is 0 Å². The van der Waals surface area contributed by atoms with Crippen molar-refractivity contribution < 1.29 is 9.18 Å². The summed E-state index contributed by atoms with van der Waals surface area (Å²) < 4.78 is 13.7. The summed E-state index contributed by atoms with van der Waals surface area (Å²) in [6.07, 6.45) is 0.222. The van der Waals surface area contributed by atoms with Crippen molar-refractivity contribution in [2.24, 2.45) is 5.73 Å². The zero-order valence-electron chi connectivity index (χ0n) is 9.85. The second-order valence-electron chi connectivity index (χ2n) is 3.92. The van der Waals surface area contributed by atoms with Gasteiger partial charge in [-0.2, -0.15) is 11.3 Å². The number of amides is 1. The third-order valence-electron chi connectivity index (χ3n) is 2.47. The fourth-order valence-electron chi connectivity index (χ4n) is 1.54. The van der Waals surface area contributed by atoms with Gasteiger partial charge in [0.1, 0.15) is 10.8 Å². The fourth-order valence-corrected chi connectivity index (χ4v) is 2.34. The Bertz CT molecular complexity index is 611. The summed E-state index contributed by atoms with van der Waals surface area (Å²) in [4.78, 5) is 11.8. The van der Waals surface area contributed by atoms with Crippen LogP contribution in [0.4, 0.5) is 10.1 Å². The van der Waals surface area contributed by atoms with Crippen molar-refractivity contribution in [2.45, 2.75) is 6.42 Å². The molecule has 0 spiro atoms. The Kier molecular flexibility index (Phi) is 4.24. The van der Waals surface area contributed by atoms with Crippen molar-refractivity contribution in [3.8, 4) is 0 Å². The van der Waals surface area contributed by atoms with Crippen LogP contribution in [0.2, 0.25) is 0 Å². The molecule has 0 saturated carbocycles. The van der Waals surface area contributed by atoms with Gasteiger partial charge < -0.3 is 11.1 Å². The fraction of sp³-hybridized carbons (Fsp3) is 0.0769. The molecular weight excluding hydrogens is 283 g/mol. The van der Waals surface area contributed by atoms with Gasteiger partial charge in [0.25, 0.3) is 0 Å². The quantitative estimate of drug-likeness (QED) is 0.853. The Hall–Kier alpha value is -1.79. The lowest BCUT2D eigenvalue weighted by molar-refractivity contribution is -0.115. The molecular formula is C13H11FN2OS2. The van der Waals surface area contributed by atoms with Crippen LogP contribution in [0.1, 0.15) is 11.1 Å². The first-order valence-corrected chi connectivity index (χ1v) is 6.81. The minimum absolute atomic E-state index is 0.120. The minimum Gasteiger partial charge on any atom is -0.389 e. The summed E-state index contributed by atoms with van der Waals surface area (Å²) >= 11 is 6.27. The summed E-state index contributed by atoms with van der Waals surface area (Å²) in [5.41, 5.74) is 6.87. The van der Waals surface area contributed by atoms with Crippen LogP contribution in [-0.4, -0.2) is 10.9 Å². The summed E-state index contributed by atoms with van der Waals surface area (Å²) in [6.45, 7) is 0. The molecule has 3 N–H and O–H groups in total. The van der Waals surface area contributed by atoms with E-state index < -0.39 is 5.82 Å². The van der Waals surface area contributed by atoms with Gasteiger partial charge in [-0.25, -0.2) is 4.39 Å². The standard InChI is InChI=1S/C13H11FN2OS2/c14-10-6-9(13(15)18)1-2-11(10)16-12(17)5-8-3-4-19-7-8/h1-4,6-7H,5H2,(H2,15,18)(H,16,17). The second-order valence-corrected chi connectivity index (χ2v) is 5.14. The molecule has 1 heterocycles. The maximum absolute atomic E-state index is 13.7. The van der Waals surface area contributed by atoms with Gasteiger partial charge in [-0.05, 0) is 40.6 Å². The number of rotatable bonds is 4. The Morgan fingerprint density at radius 3 is 2.79 bits per heavy atom. The number of thiocarbonyl (C=S) groups is 1. The van der Waals surface area contributed by atoms with E-state index in [2.05, 4.69) is 5.32 Å². The maximum Gasteiger partial charge on any atom is 0.228 e. The largest absolute Gasteiger partial charge is 0.389 e. The normalized spacial score (nSPS) is 10.2. The molecule has 6 heteroatoms. The number of nitrogens with one attached hydrogen (secondary N) is 1. The van der Waals surface area contributed by atoms with Crippen molar-refractivity contribution >= 4 is 40.1 Å². The Balaban J connectivity index is 2.07. The molecule has 0 aliphatic rings. The molecule has 0 aliphatic carbocycles. The van der Waals surface area contributed by atoms with Crippen LogP contribution < -0.4 is 11.1 Å². The van der Waals surface area contributed by atoms with Gasteiger partial charge in [-0.1, -0.05) is 12.2 Å². The van der Waals surface area contributed by atoms with E-state index in [1.807, 2.05) is 16.8 Å². The van der Waals surface area contributed by atoms with Crippen molar-refractivity contribution in [2.75, 3.05) is 5.32 Å². The number of halogens is 1. The van der Waals surface area contributed by atoms with Gasteiger partial charge in [0.2, 0.25) is 5.91 Å². The highest BCUT2D eigenvalue weighted by Gasteiger charge is 2.09. The van der Waals surface area contributed by atoms with Crippen LogP contribution in [0.25, 0.3) is 0 Å². The van der Waals surface area contributed by atoms with Gasteiger partial charge in [0.15, 0.2) is 0 Å². The number of hydrogen-bond acceptors (Lipinski definition) is 3. The predicted octanol–water partition coefficient (Wildman–Crippen LogP) is 2.70. The molecule has 0 radical (unpaired) electrons. The first-order chi connectivity index (χ1) is 9.06. The molecule has 2 aromatic rings. The number of hydrogen-bond donors (Lipinski definition) is 2. The molecule has 0 unspecified atom stereocenters. The Morgan fingerprint density at radius 2 is 2.21 bits per heavy atom. The van der Waals surface area contributed by atoms with Crippen LogP contribution in [0.15, 0.2) is 35.0 Å². The average Bonchev–Trinajstić information content (AvgIpc) is 2.84. The topological polar surface area (TPSA) is 55.1 Å². The van der Waals surface area contributed by atoms with Gasteiger partial charge in [-0.15, -0.1) is 0 Å². The van der Waals surface area contributed by atoms with Gasteiger partial charge in [0, 0.05) is 5.56 Å². The third kappa shape index (κ3) is 3.59. The lowest BCUT2D eigenvalue weighted by atomic mass is 10.2. The van der Waals surface area contributed by atoms with Crippen LogP contribution >= 0.6 is 23.6 Å². The SMILES string of the molecule is NC(=S)c1ccc(NC(=O)Cc2ccsc2)c(F)c1. The number of anilines is 1. The van der Waals surface area contributed by atoms with Gasteiger partial charge in [0.05, 0.1) is 12.1 Å². The monoisotopic (exact) mass is 294 g/mol. The molecule has 0 fully saturated rings. The molecule has 1 aromatic carbocycles. The first-order valence-electron chi connectivity index (χ1n) is 5.46. The van der Waals surface area contributed by atoms with Gasteiger partial charge in [-0.3, -0.25) is 4.79 Å². The summed E-state index contributed by atoms with van der Waals surface area (Å²) in [5.74, 6) is -0.815. The van der Waals surface area contributed by atoms with E-state index in [4.69, 9.17) is 18.0 Å². The van der Waals surface area contributed by atoms with Crippen LogP contribution in [0.3, 0.4) is 0 Å². The molecule has 0 aliphatic heterocycles. The van der Waals surface area contributed by atoms with E-state index in [1.165, 1.54) is 23.5 Å². The molecule has 1 amide bonds. The van der Waals surface area contributed by atoms with E-state index >= 15 is 0 Å². The number of carbonyl (C=O) groups excluding carboxylic acids is 1. The van der Waals surface area contributed by atoms with E-state index in [0.29, 0.717) is 5.56 Å². The lowest BCUT2D eigenvalue weighted by Crippen LogP contribution is -2.16.